The fourth-order valence-electron chi connectivity index (χ4n) is 2.91. The molecular weight excluding hydrogens is 413 g/mol. The van der Waals surface area contributed by atoms with Crippen molar-refractivity contribution < 1.29 is 27.5 Å². The average molecular weight is 432 g/mol. The van der Waals surface area contributed by atoms with Gasteiger partial charge in [-0.25, -0.2) is 14.5 Å². The first kappa shape index (κ1) is 22.0. The minimum Gasteiger partial charge on any atom is -0.452 e. The standard InChI is InChI=1S/C21H19F3N4O3/c1-13(2)19-16(11-26-28(19)17-8-3-4-9-25-17)20(30)31-12-18(29)27-15-7-5-6-14(10-15)21(22,23)24/h3-11,13H,12H2,1-2H3,(H,27,29). The van der Waals surface area contributed by atoms with Crippen LogP contribution in [0.2, 0.25) is 0 Å². The number of pyridine rings is 1. The van der Waals surface area contributed by atoms with Crippen LogP contribution in [0.15, 0.2) is 54.9 Å². The summed E-state index contributed by atoms with van der Waals surface area (Å²) in [7, 11) is 0. The number of ether oxygens (including phenoxy) is 1. The summed E-state index contributed by atoms with van der Waals surface area (Å²) in [6, 6.07) is 9.44. The number of carbonyl (C=O) groups is 2. The van der Waals surface area contributed by atoms with E-state index in [1.807, 2.05) is 13.8 Å². The minimum atomic E-state index is -4.53. The number of alkyl halides is 3. The van der Waals surface area contributed by atoms with Gasteiger partial charge in [0.05, 0.1) is 17.5 Å². The molecule has 2 heterocycles. The van der Waals surface area contributed by atoms with E-state index >= 15 is 0 Å². The molecule has 3 rings (SSSR count). The second kappa shape index (κ2) is 8.99. The summed E-state index contributed by atoms with van der Waals surface area (Å²) in [6.45, 7) is 3.07. The molecule has 0 saturated carbocycles. The Morgan fingerprint density at radius 2 is 1.94 bits per heavy atom. The third kappa shape index (κ3) is 5.27. The number of benzene rings is 1. The molecule has 0 atom stereocenters. The zero-order valence-corrected chi connectivity index (χ0v) is 16.7. The summed E-state index contributed by atoms with van der Waals surface area (Å²) in [5.41, 5.74) is -0.220. The van der Waals surface area contributed by atoms with Crippen LogP contribution in [0, 0.1) is 0 Å². The van der Waals surface area contributed by atoms with Crippen molar-refractivity contribution in [1.29, 1.82) is 0 Å². The Hall–Kier alpha value is -3.69. The first-order valence-electron chi connectivity index (χ1n) is 9.30. The van der Waals surface area contributed by atoms with Crippen LogP contribution < -0.4 is 5.32 Å². The predicted octanol–water partition coefficient (Wildman–Crippen LogP) is 4.21. The van der Waals surface area contributed by atoms with Crippen LogP contribution >= 0.6 is 0 Å². The van der Waals surface area contributed by atoms with Crippen LogP contribution in [0.1, 0.15) is 41.4 Å². The smallest absolute Gasteiger partial charge is 0.416 e. The molecule has 0 bridgehead atoms. The lowest BCUT2D eigenvalue weighted by atomic mass is 10.1. The largest absolute Gasteiger partial charge is 0.452 e. The van der Waals surface area contributed by atoms with Gasteiger partial charge in [-0.05, 0) is 36.2 Å². The first-order chi connectivity index (χ1) is 14.7. The Balaban J connectivity index is 1.69. The molecule has 10 heteroatoms. The monoisotopic (exact) mass is 432 g/mol. The molecule has 0 aliphatic heterocycles. The summed E-state index contributed by atoms with van der Waals surface area (Å²) in [6.07, 6.45) is -1.61. The maximum absolute atomic E-state index is 12.8. The maximum Gasteiger partial charge on any atom is 0.416 e. The summed E-state index contributed by atoms with van der Waals surface area (Å²) < 4.78 is 44.9. The van der Waals surface area contributed by atoms with Gasteiger partial charge in [0, 0.05) is 11.9 Å². The van der Waals surface area contributed by atoms with Crippen LogP contribution in [-0.4, -0.2) is 33.2 Å². The number of halogens is 3. The highest BCUT2D eigenvalue weighted by molar-refractivity contribution is 5.96. The van der Waals surface area contributed by atoms with Gasteiger partial charge in [-0.1, -0.05) is 26.0 Å². The number of esters is 1. The van der Waals surface area contributed by atoms with Crippen molar-refractivity contribution >= 4 is 17.6 Å². The molecule has 0 radical (unpaired) electrons. The molecule has 0 aliphatic carbocycles. The minimum absolute atomic E-state index is 0.0540. The number of hydrogen-bond donors (Lipinski definition) is 1. The second-order valence-electron chi connectivity index (χ2n) is 6.90. The lowest BCUT2D eigenvalue weighted by Gasteiger charge is -2.12. The predicted molar refractivity (Wildman–Crippen MR) is 106 cm³/mol. The van der Waals surface area contributed by atoms with Crippen molar-refractivity contribution in [3.63, 3.8) is 0 Å². The van der Waals surface area contributed by atoms with Crippen LogP contribution in [0.4, 0.5) is 18.9 Å². The molecule has 3 aromatic rings. The highest BCUT2D eigenvalue weighted by Crippen LogP contribution is 2.30. The van der Waals surface area contributed by atoms with E-state index in [0.29, 0.717) is 11.5 Å². The molecule has 0 unspecified atom stereocenters. The molecule has 0 fully saturated rings. The van der Waals surface area contributed by atoms with Gasteiger partial charge >= 0.3 is 12.1 Å². The Labute approximate surface area is 175 Å². The van der Waals surface area contributed by atoms with Crippen molar-refractivity contribution in [2.24, 2.45) is 0 Å². The Morgan fingerprint density at radius 3 is 2.58 bits per heavy atom. The summed E-state index contributed by atoms with van der Waals surface area (Å²) in [4.78, 5) is 28.8. The van der Waals surface area contributed by atoms with E-state index in [0.717, 1.165) is 12.1 Å². The van der Waals surface area contributed by atoms with Crippen molar-refractivity contribution in [2.75, 3.05) is 11.9 Å². The van der Waals surface area contributed by atoms with Gasteiger partial charge < -0.3 is 10.1 Å². The fraction of sp³-hybridized carbons (Fsp3) is 0.238. The van der Waals surface area contributed by atoms with Crippen molar-refractivity contribution in [3.05, 3.63) is 71.7 Å². The molecule has 31 heavy (non-hydrogen) atoms. The van der Waals surface area contributed by atoms with E-state index in [-0.39, 0.29) is 17.2 Å². The van der Waals surface area contributed by atoms with Crippen molar-refractivity contribution in [2.45, 2.75) is 25.9 Å². The molecule has 1 amide bonds. The Kier molecular flexibility index (Phi) is 6.38. The fourth-order valence-corrected chi connectivity index (χ4v) is 2.91. The Morgan fingerprint density at radius 1 is 1.16 bits per heavy atom. The number of nitrogens with one attached hydrogen (secondary N) is 1. The molecule has 162 valence electrons. The van der Waals surface area contributed by atoms with E-state index in [1.165, 1.54) is 23.0 Å². The molecule has 1 N–H and O–H groups in total. The number of amides is 1. The van der Waals surface area contributed by atoms with E-state index < -0.39 is 30.2 Å². The van der Waals surface area contributed by atoms with Gasteiger partial charge in [0.1, 0.15) is 5.56 Å². The summed E-state index contributed by atoms with van der Waals surface area (Å²) >= 11 is 0. The SMILES string of the molecule is CC(C)c1c(C(=O)OCC(=O)Nc2cccc(C(F)(F)F)c2)cnn1-c1ccccn1. The van der Waals surface area contributed by atoms with Crippen LogP contribution in [-0.2, 0) is 15.7 Å². The van der Waals surface area contributed by atoms with E-state index in [4.69, 9.17) is 4.74 Å². The third-order valence-electron chi connectivity index (χ3n) is 4.25. The molecule has 1 aromatic carbocycles. The topological polar surface area (TPSA) is 86.1 Å². The molecular formula is C21H19F3N4O3. The molecule has 2 aromatic heterocycles. The lowest BCUT2D eigenvalue weighted by Crippen LogP contribution is -2.22. The van der Waals surface area contributed by atoms with Crippen molar-refractivity contribution in [3.8, 4) is 5.82 Å². The number of nitrogens with zero attached hydrogens (tertiary/aromatic N) is 3. The van der Waals surface area contributed by atoms with Gasteiger partial charge in [0.2, 0.25) is 0 Å². The summed E-state index contributed by atoms with van der Waals surface area (Å²) in [5, 5.41) is 6.49. The molecule has 0 aliphatic rings. The van der Waals surface area contributed by atoms with Crippen LogP contribution in [0.3, 0.4) is 0 Å². The van der Waals surface area contributed by atoms with Crippen LogP contribution in [0.5, 0.6) is 0 Å². The Bertz CT molecular complexity index is 1080. The van der Waals surface area contributed by atoms with Gasteiger partial charge in [-0.15, -0.1) is 0 Å². The number of anilines is 1. The number of hydrogen-bond acceptors (Lipinski definition) is 5. The number of aromatic nitrogens is 3. The first-order valence-corrected chi connectivity index (χ1v) is 9.30. The zero-order valence-electron chi connectivity index (χ0n) is 16.7. The highest BCUT2D eigenvalue weighted by atomic mass is 19.4. The maximum atomic E-state index is 12.8. The van der Waals surface area contributed by atoms with E-state index in [9.17, 15) is 22.8 Å². The van der Waals surface area contributed by atoms with Gasteiger partial charge in [-0.3, -0.25) is 4.79 Å². The van der Waals surface area contributed by atoms with Crippen molar-refractivity contribution in [1.82, 2.24) is 14.8 Å². The number of rotatable bonds is 6. The second-order valence-corrected chi connectivity index (χ2v) is 6.90. The molecule has 7 nitrogen and oxygen atoms in total. The normalized spacial score (nSPS) is 11.4. The lowest BCUT2D eigenvalue weighted by molar-refractivity contribution is -0.137. The van der Waals surface area contributed by atoms with E-state index in [1.54, 1.807) is 24.4 Å². The van der Waals surface area contributed by atoms with Gasteiger partial charge in [0.25, 0.3) is 5.91 Å². The molecule has 0 spiro atoms. The van der Waals surface area contributed by atoms with E-state index in [2.05, 4.69) is 15.4 Å². The third-order valence-corrected chi connectivity index (χ3v) is 4.25. The molecule has 0 saturated heterocycles. The zero-order chi connectivity index (χ0) is 22.6. The quantitative estimate of drug-likeness (QED) is 0.590. The highest BCUT2D eigenvalue weighted by Gasteiger charge is 2.30. The van der Waals surface area contributed by atoms with Gasteiger partial charge in [0.15, 0.2) is 12.4 Å². The van der Waals surface area contributed by atoms with Crippen LogP contribution in [0.25, 0.3) is 5.82 Å². The average Bonchev–Trinajstić information content (AvgIpc) is 3.18. The summed E-state index contributed by atoms with van der Waals surface area (Å²) in [5.74, 6) is -1.13. The number of carbonyl (C=O) groups excluding carboxylic acids is 2. The van der Waals surface area contributed by atoms with Gasteiger partial charge in [-0.2, -0.15) is 18.3 Å².